The second kappa shape index (κ2) is 6.30. The number of imidazole rings is 1. The number of hydrogen-bond acceptors (Lipinski definition) is 2. The first kappa shape index (κ1) is 14.1. The monoisotopic (exact) mass is 275 g/mol. The van der Waals surface area contributed by atoms with E-state index in [1.165, 1.54) is 56.5 Å². The lowest BCUT2D eigenvalue weighted by molar-refractivity contribution is 0.224. The van der Waals surface area contributed by atoms with Crippen LogP contribution in [-0.4, -0.2) is 16.1 Å². The minimum absolute atomic E-state index is 0.727. The molecule has 2 aliphatic rings. The fourth-order valence-electron chi connectivity index (χ4n) is 4.18. The maximum Gasteiger partial charge on any atom is 0.109 e. The van der Waals surface area contributed by atoms with Crippen molar-refractivity contribution in [2.24, 2.45) is 5.92 Å². The van der Waals surface area contributed by atoms with E-state index in [4.69, 9.17) is 4.98 Å². The van der Waals surface area contributed by atoms with Crippen molar-refractivity contribution in [1.82, 2.24) is 14.9 Å². The molecule has 2 heterocycles. The lowest BCUT2D eigenvalue weighted by Crippen LogP contribution is -2.29. The highest BCUT2D eigenvalue weighted by molar-refractivity contribution is 5.22. The van der Waals surface area contributed by atoms with E-state index >= 15 is 0 Å². The van der Waals surface area contributed by atoms with Crippen LogP contribution < -0.4 is 5.32 Å². The Balaban J connectivity index is 1.98. The van der Waals surface area contributed by atoms with E-state index in [0.29, 0.717) is 0 Å². The van der Waals surface area contributed by atoms with Crippen molar-refractivity contribution in [3.8, 4) is 0 Å². The van der Waals surface area contributed by atoms with Crippen molar-refractivity contribution in [3.63, 3.8) is 0 Å². The molecule has 2 unspecified atom stereocenters. The van der Waals surface area contributed by atoms with Gasteiger partial charge in [-0.1, -0.05) is 33.1 Å². The highest BCUT2D eigenvalue weighted by Gasteiger charge is 2.30. The first-order chi connectivity index (χ1) is 9.85. The Bertz CT molecular complexity index is 449. The molecular weight excluding hydrogens is 246 g/mol. The van der Waals surface area contributed by atoms with Gasteiger partial charge >= 0.3 is 0 Å². The van der Waals surface area contributed by atoms with Gasteiger partial charge < -0.3 is 9.88 Å². The van der Waals surface area contributed by atoms with Crippen LogP contribution >= 0.6 is 0 Å². The lowest BCUT2D eigenvalue weighted by atomic mass is 9.82. The third-order valence-electron chi connectivity index (χ3n) is 5.20. The maximum atomic E-state index is 4.98. The van der Waals surface area contributed by atoms with Gasteiger partial charge in [-0.25, -0.2) is 4.98 Å². The molecule has 1 saturated carbocycles. The Morgan fingerprint density at radius 2 is 2.10 bits per heavy atom. The molecule has 2 atom stereocenters. The molecule has 1 aliphatic carbocycles. The summed E-state index contributed by atoms with van der Waals surface area (Å²) in [6, 6.07) is 0.727. The summed E-state index contributed by atoms with van der Waals surface area (Å²) in [6.07, 6.45) is 10.4. The molecule has 1 aromatic rings. The van der Waals surface area contributed by atoms with Gasteiger partial charge in [0.15, 0.2) is 0 Å². The Labute approximate surface area is 123 Å². The quantitative estimate of drug-likeness (QED) is 0.909. The standard InChI is InChI=1S/C17H29N3/c1-3-7-17-19-14-12-18-11-10-16(14)20(17)15-9-6-5-8-13(15)4-2/h13,15,18H,3-12H2,1-2H3. The van der Waals surface area contributed by atoms with Crippen molar-refractivity contribution in [3.05, 3.63) is 17.2 Å². The number of nitrogens with zero attached hydrogens (tertiary/aromatic N) is 2. The van der Waals surface area contributed by atoms with Crippen LogP contribution in [0.25, 0.3) is 0 Å². The van der Waals surface area contributed by atoms with Crippen molar-refractivity contribution < 1.29 is 0 Å². The molecule has 3 nitrogen and oxygen atoms in total. The van der Waals surface area contributed by atoms with Crippen LogP contribution in [0.5, 0.6) is 0 Å². The largest absolute Gasteiger partial charge is 0.328 e. The molecule has 1 fully saturated rings. The normalized spacial score (nSPS) is 26.5. The Hall–Kier alpha value is -0.830. The van der Waals surface area contributed by atoms with Crippen molar-refractivity contribution in [1.29, 1.82) is 0 Å². The predicted molar refractivity (Wildman–Crippen MR) is 82.9 cm³/mol. The topological polar surface area (TPSA) is 29.9 Å². The molecule has 0 amide bonds. The Morgan fingerprint density at radius 3 is 2.90 bits per heavy atom. The van der Waals surface area contributed by atoms with E-state index in [9.17, 15) is 0 Å². The lowest BCUT2D eigenvalue weighted by Gasteiger charge is -2.34. The van der Waals surface area contributed by atoms with Gasteiger partial charge in [0.1, 0.15) is 5.82 Å². The fourth-order valence-corrected chi connectivity index (χ4v) is 4.18. The number of nitrogens with one attached hydrogen (secondary N) is 1. The summed E-state index contributed by atoms with van der Waals surface area (Å²) in [5.41, 5.74) is 2.89. The Kier molecular flexibility index (Phi) is 4.45. The van der Waals surface area contributed by atoms with Crippen molar-refractivity contribution in [2.75, 3.05) is 6.54 Å². The number of fused-ring (bicyclic) bond motifs is 1. The predicted octanol–water partition coefficient (Wildman–Crippen LogP) is 3.62. The smallest absolute Gasteiger partial charge is 0.109 e. The third-order valence-corrected chi connectivity index (χ3v) is 5.20. The SMILES string of the molecule is CCCc1nc2c(n1C1CCCCC1CC)CCNC2. The third kappa shape index (κ3) is 2.52. The zero-order valence-corrected chi connectivity index (χ0v) is 13.1. The average Bonchev–Trinajstić information content (AvgIpc) is 2.85. The molecule has 1 aromatic heterocycles. The summed E-state index contributed by atoms with van der Waals surface area (Å²) in [5, 5.41) is 3.48. The van der Waals surface area contributed by atoms with Gasteiger partial charge in [0, 0.05) is 37.7 Å². The second-order valence-electron chi connectivity index (χ2n) is 6.49. The second-order valence-corrected chi connectivity index (χ2v) is 6.49. The summed E-state index contributed by atoms with van der Waals surface area (Å²) in [7, 11) is 0. The molecule has 0 spiro atoms. The van der Waals surface area contributed by atoms with Gasteiger partial charge in [-0.3, -0.25) is 0 Å². The average molecular weight is 275 g/mol. The van der Waals surface area contributed by atoms with E-state index in [1.54, 1.807) is 5.69 Å². The molecule has 20 heavy (non-hydrogen) atoms. The first-order valence-electron chi connectivity index (χ1n) is 8.64. The van der Waals surface area contributed by atoms with Gasteiger partial charge in [-0.2, -0.15) is 0 Å². The molecule has 0 saturated heterocycles. The highest BCUT2D eigenvalue weighted by Crippen LogP contribution is 2.38. The van der Waals surface area contributed by atoms with Gasteiger partial charge in [-0.15, -0.1) is 0 Å². The Morgan fingerprint density at radius 1 is 1.25 bits per heavy atom. The van der Waals surface area contributed by atoms with Crippen LogP contribution in [0.2, 0.25) is 0 Å². The van der Waals surface area contributed by atoms with Gasteiger partial charge in [0.05, 0.1) is 5.69 Å². The molecule has 0 radical (unpaired) electrons. The van der Waals surface area contributed by atoms with E-state index in [1.807, 2.05) is 0 Å². The molecular formula is C17H29N3. The van der Waals surface area contributed by atoms with E-state index < -0.39 is 0 Å². The van der Waals surface area contributed by atoms with Crippen LogP contribution in [0.15, 0.2) is 0 Å². The molecule has 0 aromatic carbocycles. The van der Waals surface area contributed by atoms with Crippen LogP contribution in [-0.2, 0) is 19.4 Å². The molecule has 3 heteroatoms. The van der Waals surface area contributed by atoms with Gasteiger partial charge in [0.25, 0.3) is 0 Å². The van der Waals surface area contributed by atoms with Crippen LogP contribution in [0.3, 0.4) is 0 Å². The fraction of sp³-hybridized carbons (Fsp3) is 0.824. The van der Waals surface area contributed by atoms with E-state index in [2.05, 4.69) is 23.7 Å². The highest BCUT2D eigenvalue weighted by atomic mass is 15.1. The number of aromatic nitrogens is 2. The minimum Gasteiger partial charge on any atom is -0.328 e. The molecule has 0 bridgehead atoms. The van der Waals surface area contributed by atoms with Crippen LogP contribution in [0.1, 0.15) is 75.6 Å². The number of rotatable bonds is 4. The summed E-state index contributed by atoms with van der Waals surface area (Å²) in [4.78, 5) is 4.98. The van der Waals surface area contributed by atoms with Crippen molar-refractivity contribution >= 4 is 0 Å². The number of aryl methyl sites for hydroxylation is 1. The summed E-state index contributed by atoms with van der Waals surface area (Å²) in [6.45, 7) is 6.73. The number of hydrogen-bond donors (Lipinski definition) is 1. The molecule has 3 rings (SSSR count). The van der Waals surface area contributed by atoms with Gasteiger partial charge in [0.2, 0.25) is 0 Å². The van der Waals surface area contributed by atoms with Crippen LogP contribution in [0, 0.1) is 5.92 Å². The summed E-state index contributed by atoms with van der Waals surface area (Å²) < 4.78 is 2.69. The molecule has 1 N–H and O–H groups in total. The minimum atomic E-state index is 0.727. The zero-order chi connectivity index (χ0) is 13.9. The summed E-state index contributed by atoms with van der Waals surface area (Å²) >= 11 is 0. The van der Waals surface area contributed by atoms with E-state index in [-0.39, 0.29) is 0 Å². The van der Waals surface area contributed by atoms with Crippen molar-refractivity contribution in [2.45, 2.75) is 77.8 Å². The molecule has 112 valence electrons. The van der Waals surface area contributed by atoms with Gasteiger partial charge in [-0.05, 0) is 25.2 Å². The van der Waals surface area contributed by atoms with E-state index in [0.717, 1.165) is 31.5 Å². The maximum absolute atomic E-state index is 4.98. The zero-order valence-electron chi connectivity index (χ0n) is 13.1. The first-order valence-corrected chi connectivity index (χ1v) is 8.64. The molecule has 1 aliphatic heterocycles. The van der Waals surface area contributed by atoms with Crippen LogP contribution in [0.4, 0.5) is 0 Å². The summed E-state index contributed by atoms with van der Waals surface area (Å²) in [5.74, 6) is 2.24.